The van der Waals surface area contributed by atoms with Gasteiger partial charge in [-0.25, -0.2) is 9.59 Å². The highest BCUT2D eigenvalue weighted by atomic mass is 32.2. The molecule has 7 heteroatoms. The third-order valence-corrected chi connectivity index (χ3v) is 3.39. The number of rotatable bonds is 4. The van der Waals surface area contributed by atoms with E-state index in [0.717, 1.165) is 5.69 Å². The average molecular weight is 277 g/mol. The first-order valence-corrected chi connectivity index (χ1v) is 6.43. The molecule has 6 nitrogen and oxygen atoms in total. The molecule has 0 aliphatic carbocycles. The van der Waals surface area contributed by atoms with Crippen LogP contribution in [0.15, 0.2) is 34.2 Å². The van der Waals surface area contributed by atoms with Crippen molar-refractivity contribution in [2.24, 2.45) is 0 Å². The molecular weight excluding hydrogens is 266 g/mol. The molecule has 2 aromatic heterocycles. The largest absolute Gasteiger partial charge is 0.478 e. The van der Waals surface area contributed by atoms with E-state index >= 15 is 0 Å². The minimum Gasteiger partial charge on any atom is -0.478 e. The third kappa shape index (κ3) is 3.19. The summed E-state index contributed by atoms with van der Waals surface area (Å²) in [4.78, 5) is 32.7. The van der Waals surface area contributed by atoms with Crippen LogP contribution in [0.4, 0.5) is 0 Å². The number of hydrogen-bond donors (Lipinski definition) is 2. The molecule has 0 atom stereocenters. The van der Waals surface area contributed by atoms with Crippen molar-refractivity contribution in [2.45, 2.75) is 17.7 Å². The Morgan fingerprint density at radius 1 is 1.47 bits per heavy atom. The number of aromatic nitrogens is 3. The molecule has 0 amide bonds. The van der Waals surface area contributed by atoms with E-state index in [0.29, 0.717) is 11.4 Å². The van der Waals surface area contributed by atoms with Crippen molar-refractivity contribution in [1.29, 1.82) is 0 Å². The number of nitrogens with one attached hydrogen (secondary N) is 1. The summed E-state index contributed by atoms with van der Waals surface area (Å²) in [6, 6.07) is 5.47. The summed E-state index contributed by atoms with van der Waals surface area (Å²) in [6.07, 6.45) is 1.66. The van der Waals surface area contributed by atoms with Crippen LogP contribution in [-0.4, -0.2) is 26.0 Å². The number of carboxylic acid groups (broad SMARTS) is 1. The number of carbonyl (C=O) groups is 1. The van der Waals surface area contributed by atoms with Crippen LogP contribution in [0.5, 0.6) is 0 Å². The van der Waals surface area contributed by atoms with Gasteiger partial charge in [0.2, 0.25) is 0 Å². The Bertz CT molecular complexity index is 655. The van der Waals surface area contributed by atoms with Crippen molar-refractivity contribution < 1.29 is 9.90 Å². The van der Waals surface area contributed by atoms with Crippen molar-refractivity contribution in [3.05, 3.63) is 51.8 Å². The molecule has 2 N–H and O–H groups in total. The van der Waals surface area contributed by atoms with Gasteiger partial charge in [-0.1, -0.05) is 17.8 Å². The monoisotopic (exact) mass is 277 g/mol. The number of aryl methyl sites for hydroxylation is 1. The molecular formula is C12H11N3O3S. The van der Waals surface area contributed by atoms with Gasteiger partial charge < -0.3 is 10.1 Å². The molecule has 0 aliphatic rings. The maximum atomic E-state index is 11.3. The minimum absolute atomic E-state index is 0.0283. The van der Waals surface area contributed by atoms with Crippen molar-refractivity contribution >= 4 is 17.7 Å². The highest BCUT2D eigenvalue weighted by Gasteiger charge is 2.17. The van der Waals surface area contributed by atoms with Crippen LogP contribution in [0.3, 0.4) is 0 Å². The normalized spacial score (nSPS) is 10.4. The number of carboxylic acids is 1. The zero-order valence-corrected chi connectivity index (χ0v) is 10.9. The van der Waals surface area contributed by atoms with E-state index in [2.05, 4.69) is 15.0 Å². The zero-order chi connectivity index (χ0) is 13.8. The predicted molar refractivity (Wildman–Crippen MR) is 70.4 cm³/mol. The summed E-state index contributed by atoms with van der Waals surface area (Å²) in [7, 11) is 0. The van der Waals surface area contributed by atoms with E-state index in [-0.39, 0.29) is 10.6 Å². The minimum atomic E-state index is -1.11. The van der Waals surface area contributed by atoms with Gasteiger partial charge in [-0.2, -0.15) is 4.98 Å². The lowest BCUT2D eigenvalue weighted by Gasteiger charge is -2.06. The maximum absolute atomic E-state index is 11.3. The van der Waals surface area contributed by atoms with E-state index in [1.807, 2.05) is 12.1 Å². The van der Waals surface area contributed by atoms with Gasteiger partial charge in [-0.3, -0.25) is 4.98 Å². The Hall–Kier alpha value is -2.15. The molecule has 0 spiro atoms. The van der Waals surface area contributed by atoms with Gasteiger partial charge in [0.15, 0.2) is 0 Å². The lowest BCUT2D eigenvalue weighted by atomic mass is 10.2. The molecule has 0 saturated carbocycles. The van der Waals surface area contributed by atoms with Crippen LogP contribution in [-0.2, 0) is 5.75 Å². The quantitative estimate of drug-likeness (QED) is 0.649. The van der Waals surface area contributed by atoms with Crippen molar-refractivity contribution in [2.75, 3.05) is 0 Å². The van der Waals surface area contributed by atoms with Crippen molar-refractivity contribution in [1.82, 2.24) is 15.0 Å². The molecule has 0 aliphatic heterocycles. The molecule has 2 rings (SSSR count). The second-order valence-electron chi connectivity index (χ2n) is 3.76. The number of thioether (sulfide) groups is 1. The SMILES string of the molecule is Cc1[nH]c(=O)nc(SCc2ccccn2)c1C(=O)O. The van der Waals surface area contributed by atoms with Crippen LogP contribution in [0, 0.1) is 6.92 Å². The van der Waals surface area contributed by atoms with Gasteiger partial charge in [0.1, 0.15) is 10.6 Å². The summed E-state index contributed by atoms with van der Waals surface area (Å²) >= 11 is 1.18. The standard InChI is InChI=1S/C12H11N3O3S/c1-7-9(11(16)17)10(15-12(18)14-7)19-6-8-4-2-3-5-13-8/h2-5H,6H2,1H3,(H,16,17)(H,14,15,18). The number of aromatic amines is 1. The Morgan fingerprint density at radius 3 is 2.89 bits per heavy atom. The summed E-state index contributed by atoms with van der Waals surface area (Å²) in [5.74, 6) is -0.651. The Morgan fingerprint density at radius 2 is 2.26 bits per heavy atom. The highest BCUT2D eigenvalue weighted by Crippen LogP contribution is 2.23. The first kappa shape index (κ1) is 13.3. The van der Waals surface area contributed by atoms with Crippen LogP contribution in [0.1, 0.15) is 21.7 Å². The average Bonchev–Trinajstić information content (AvgIpc) is 2.36. The summed E-state index contributed by atoms with van der Waals surface area (Å²) < 4.78 is 0. The van der Waals surface area contributed by atoms with Gasteiger partial charge in [-0.05, 0) is 19.1 Å². The number of H-pyrrole nitrogens is 1. The molecule has 0 saturated heterocycles. The Kier molecular flexibility index (Phi) is 3.96. The molecule has 19 heavy (non-hydrogen) atoms. The first-order valence-electron chi connectivity index (χ1n) is 5.45. The number of hydrogen-bond acceptors (Lipinski definition) is 5. The highest BCUT2D eigenvalue weighted by molar-refractivity contribution is 7.98. The molecule has 0 aromatic carbocycles. The van der Waals surface area contributed by atoms with Crippen LogP contribution in [0.2, 0.25) is 0 Å². The van der Waals surface area contributed by atoms with Gasteiger partial charge in [-0.15, -0.1) is 0 Å². The molecule has 2 aromatic rings. The van der Waals surface area contributed by atoms with Crippen molar-refractivity contribution in [3.8, 4) is 0 Å². The fourth-order valence-electron chi connectivity index (χ4n) is 1.54. The molecule has 0 radical (unpaired) electrons. The van der Waals surface area contributed by atoms with E-state index in [1.165, 1.54) is 18.7 Å². The molecule has 0 bridgehead atoms. The fourth-order valence-corrected chi connectivity index (χ4v) is 2.53. The second-order valence-corrected chi connectivity index (χ2v) is 4.73. The number of nitrogens with zero attached hydrogens (tertiary/aromatic N) is 2. The van der Waals surface area contributed by atoms with Crippen LogP contribution in [0.25, 0.3) is 0 Å². The van der Waals surface area contributed by atoms with E-state index in [9.17, 15) is 9.59 Å². The Labute approximate surface area is 112 Å². The van der Waals surface area contributed by atoms with E-state index in [1.54, 1.807) is 12.3 Å². The number of pyridine rings is 1. The third-order valence-electron chi connectivity index (χ3n) is 2.38. The topological polar surface area (TPSA) is 95.9 Å². The summed E-state index contributed by atoms with van der Waals surface area (Å²) in [5.41, 5.74) is 0.575. The van der Waals surface area contributed by atoms with Crippen LogP contribution >= 0.6 is 11.8 Å². The molecule has 98 valence electrons. The number of aromatic carboxylic acids is 1. The van der Waals surface area contributed by atoms with E-state index < -0.39 is 11.7 Å². The maximum Gasteiger partial charge on any atom is 0.346 e. The first-order chi connectivity index (χ1) is 9.08. The van der Waals surface area contributed by atoms with Gasteiger partial charge in [0.05, 0.1) is 5.69 Å². The van der Waals surface area contributed by atoms with Gasteiger partial charge in [0.25, 0.3) is 0 Å². The summed E-state index contributed by atoms with van der Waals surface area (Å²) in [5, 5.41) is 9.35. The van der Waals surface area contributed by atoms with Crippen LogP contribution < -0.4 is 5.69 Å². The fraction of sp³-hybridized carbons (Fsp3) is 0.167. The van der Waals surface area contributed by atoms with Gasteiger partial charge in [0, 0.05) is 17.6 Å². The molecule has 2 heterocycles. The Balaban J connectivity index is 2.29. The smallest absolute Gasteiger partial charge is 0.346 e. The lowest BCUT2D eigenvalue weighted by molar-refractivity contribution is 0.0690. The lowest BCUT2D eigenvalue weighted by Crippen LogP contribution is -2.18. The second kappa shape index (κ2) is 5.66. The zero-order valence-electron chi connectivity index (χ0n) is 10.1. The van der Waals surface area contributed by atoms with Crippen molar-refractivity contribution in [3.63, 3.8) is 0 Å². The molecule has 0 unspecified atom stereocenters. The predicted octanol–water partition coefficient (Wildman–Crippen LogP) is 1.46. The van der Waals surface area contributed by atoms with Gasteiger partial charge >= 0.3 is 11.7 Å². The molecule has 0 fully saturated rings. The van der Waals surface area contributed by atoms with E-state index in [4.69, 9.17) is 5.11 Å². The summed E-state index contributed by atoms with van der Waals surface area (Å²) in [6.45, 7) is 1.54.